The first-order valence-corrected chi connectivity index (χ1v) is 8.52. The monoisotopic (exact) mass is 366 g/mol. The molecule has 0 saturated heterocycles. The van der Waals surface area contributed by atoms with E-state index in [1.165, 1.54) is 18.3 Å². The third-order valence-corrected chi connectivity index (χ3v) is 3.72. The maximum atomic E-state index is 13.9. The summed E-state index contributed by atoms with van der Waals surface area (Å²) in [7, 11) is 0. The quantitative estimate of drug-likeness (QED) is 0.671. The fraction of sp³-hybridized carbons (Fsp3) is 0.143. The average Bonchev–Trinajstić information content (AvgIpc) is 2.69. The summed E-state index contributed by atoms with van der Waals surface area (Å²) >= 11 is 0. The molecule has 6 heteroatoms. The predicted octanol–water partition coefficient (Wildman–Crippen LogP) is 4.45. The average molecular weight is 366 g/mol. The van der Waals surface area contributed by atoms with Crippen LogP contribution in [-0.4, -0.2) is 17.5 Å². The number of nitrogens with zero attached hydrogens (tertiary/aromatic N) is 1. The Balaban J connectivity index is 1.65. The van der Waals surface area contributed by atoms with Gasteiger partial charge in [0.05, 0.1) is 6.61 Å². The number of pyridine rings is 1. The molecule has 1 N–H and O–H groups in total. The number of halogens is 1. The van der Waals surface area contributed by atoms with Crippen molar-refractivity contribution in [2.45, 2.75) is 13.5 Å². The number of aromatic nitrogens is 1. The summed E-state index contributed by atoms with van der Waals surface area (Å²) in [6.45, 7) is 2.49. The molecule has 1 amide bonds. The Bertz CT molecular complexity index is 916. The van der Waals surface area contributed by atoms with E-state index in [0.29, 0.717) is 30.3 Å². The van der Waals surface area contributed by atoms with E-state index in [1.807, 2.05) is 30.3 Å². The number of ether oxygens (including phenoxy) is 2. The van der Waals surface area contributed by atoms with Gasteiger partial charge in [-0.25, -0.2) is 9.37 Å². The molecule has 3 rings (SSSR count). The summed E-state index contributed by atoms with van der Waals surface area (Å²) in [5, 5.41) is 2.65. The lowest BCUT2D eigenvalue weighted by atomic mass is 10.2. The second-order valence-corrected chi connectivity index (χ2v) is 5.69. The Labute approximate surface area is 156 Å². The molecule has 0 bridgehead atoms. The maximum absolute atomic E-state index is 13.9. The zero-order valence-electron chi connectivity index (χ0n) is 14.8. The molecule has 0 spiro atoms. The first kappa shape index (κ1) is 18.4. The van der Waals surface area contributed by atoms with Crippen LogP contribution in [-0.2, 0) is 6.61 Å². The van der Waals surface area contributed by atoms with Crippen LogP contribution in [0.4, 0.5) is 10.1 Å². The number of hydrogen-bond donors (Lipinski definition) is 1. The molecule has 0 aliphatic carbocycles. The highest BCUT2D eigenvalue weighted by Crippen LogP contribution is 2.22. The van der Waals surface area contributed by atoms with Crippen molar-refractivity contribution in [2.75, 3.05) is 11.9 Å². The van der Waals surface area contributed by atoms with Gasteiger partial charge in [0, 0.05) is 29.6 Å². The Kier molecular flexibility index (Phi) is 5.99. The Morgan fingerprint density at radius 3 is 2.63 bits per heavy atom. The third kappa shape index (κ3) is 5.04. The van der Waals surface area contributed by atoms with Crippen LogP contribution in [0.3, 0.4) is 0 Å². The standard InChI is InChI=1S/C21H19FN2O3/c1-2-26-19-9-8-17(13-18(19)22)24-21(25)16-10-11-23-20(12-16)27-14-15-6-4-3-5-7-15/h3-13H,2,14H2,1H3,(H,24,25). The number of hydrogen-bond acceptors (Lipinski definition) is 4. The normalized spacial score (nSPS) is 10.3. The molecule has 0 saturated carbocycles. The molecular weight excluding hydrogens is 347 g/mol. The molecule has 0 aliphatic rings. The fourth-order valence-electron chi connectivity index (χ4n) is 2.42. The van der Waals surface area contributed by atoms with Crippen molar-refractivity contribution in [1.29, 1.82) is 0 Å². The lowest BCUT2D eigenvalue weighted by Crippen LogP contribution is -2.12. The first-order valence-electron chi connectivity index (χ1n) is 8.52. The van der Waals surface area contributed by atoms with Crippen molar-refractivity contribution in [3.05, 3.63) is 83.8 Å². The van der Waals surface area contributed by atoms with E-state index >= 15 is 0 Å². The Morgan fingerprint density at radius 2 is 1.89 bits per heavy atom. The van der Waals surface area contributed by atoms with Crippen molar-refractivity contribution in [2.24, 2.45) is 0 Å². The minimum absolute atomic E-state index is 0.149. The highest BCUT2D eigenvalue weighted by molar-refractivity contribution is 6.04. The van der Waals surface area contributed by atoms with Crippen molar-refractivity contribution in [1.82, 2.24) is 4.98 Å². The fourth-order valence-corrected chi connectivity index (χ4v) is 2.42. The van der Waals surface area contributed by atoms with Crippen LogP contribution < -0.4 is 14.8 Å². The summed E-state index contributed by atoms with van der Waals surface area (Å²) in [5.74, 6) is -0.429. The van der Waals surface area contributed by atoms with Gasteiger partial charge in [-0.2, -0.15) is 0 Å². The molecule has 0 atom stereocenters. The van der Waals surface area contributed by atoms with Crippen LogP contribution in [0.5, 0.6) is 11.6 Å². The number of rotatable bonds is 7. The number of carbonyl (C=O) groups is 1. The van der Waals surface area contributed by atoms with Gasteiger partial charge < -0.3 is 14.8 Å². The second kappa shape index (κ2) is 8.80. The van der Waals surface area contributed by atoms with Gasteiger partial charge in [-0.15, -0.1) is 0 Å². The predicted molar refractivity (Wildman–Crippen MR) is 101 cm³/mol. The number of nitrogens with one attached hydrogen (secondary N) is 1. The third-order valence-electron chi connectivity index (χ3n) is 3.72. The number of benzene rings is 2. The van der Waals surface area contributed by atoms with Crippen molar-refractivity contribution in [3.63, 3.8) is 0 Å². The highest BCUT2D eigenvalue weighted by Gasteiger charge is 2.10. The number of anilines is 1. The van der Waals surface area contributed by atoms with Crippen molar-refractivity contribution >= 4 is 11.6 Å². The van der Waals surface area contributed by atoms with Gasteiger partial charge in [0.1, 0.15) is 6.61 Å². The van der Waals surface area contributed by atoms with Crippen molar-refractivity contribution in [3.8, 4) is 11.6 Å². The molecule has 0 unspecified atom stereocenters. The minimum atomic E-state index is -0.531. The molecule has 0 fully saturated rings. The van der Waals surface area contributed by atoms with Crippen LogP contribution in [0, 0.1) is 5.82 Å². The van der Waals surface area contributed by atoms with Gasteiger partial charge in [-0.1, -0.05) is 30.3 Å². The van der Waals surface area contributed by atoms with E-state index in [-0.39, 0.29) is 11.7 Å². The molecular formula is C21H19FN2O3. The van der Waals surface area contributed by atoms with E-state index in [1.54, 1.807) is 25.1 Å². The summed E-state index contributed by atoms with van der Waals surface area (Å²) in [6.07, 6.45) is 1.49. The van der Waals surface area contributed by atoms with Gasteiger partial charge >= 0.3 is 0 Å². The van der Waals surface area contributed by atoms with E-state index in [0.717, 1.165) is 5.56 Å². The van der Waals surface area contributed by atoms with Crippen LogP contribution in [0.25, 0.3) is 0 Å². The molecule has 5 nitrogen and oxygen atoms in total. The summed E-state index contributed by atoms with van der Waals surface area (Å²) in [6, 6.07) is 17.0. The molecule has 138 valence electrons. The lowest BCUT2D eigenvalue weighted by molar-refractivity contribution is 0.102. The van der Waals surface area contributed by atoms with E-state index in [4.69, 9.17) is 9.47 Å². The highest BCUT2D eigenvalue weighted by atomic mass is 19.1. The van der Waals surface area contributed by atoms with Gasteiger partial charge in [0.15, 0.2) is 11.6 Å². The molecule has 1 aromatic heterocycles. The van der Waals surface area contributed by atoms with Gasteiger partial charge in [0.25, 0.3) is 5.91 Å². The van der Waals surface area contributed by atoms with Crippen molar-refractivity contribution < 1.29 is 18.7 Å². The molecule has 1 heterocycles. The number of amides is 1. The zero-order chi connectivity index (χ0) is 19.1. The molecule has 2 aromatic carbocycles. The van der Waals surface area contributed by atoms with Gasteiger partial charge in [-0.3, -0.25) is 4.79 Å². The summed E-state index contributed by atoms with van der Waals surface area (Å²) < 4.78 is 24.7. The van der Waals surface area contributed by atoms with Gasteiger partial charge in [0.2, 0.25) is 5.88 Å². The smallest absolute Gasteiger partial charge is 0.255 e. The maximum Gasteiger partial charge on any atom is 0.255 e. The van der Waals surface area contributed by atoms with Crippen LogP contribution in [0.2, 0.25) is 0 Å². The second-order valence-electron chi connectivity index (χ2n) is 5.69. The topological polar surface area (TPSA) is 60.5 Å². The SMILES string of the molecule is CCOc1ccc(NC(=O)c2ccnc(OCc3ccccc3)c2)cc1F. The van der Waals surface area contributed by atoms with E-state index in [2.05, 4.69) is 10.3 Å². The molecule has 0 radical (unpaired) electrons. The summed E-state index contributed by atoms with van der Waals surface area (Å²) in [5.41, 5.74) is 1.70. The summed E-state index contributed by atoms with van der Waals surface area (Å²) in [4.78, 5) is 16.5. The molecule has 3 aromatic rings. The molecule has 27 heavy (non-hydrogen) atoms. The van der Waals surface area contributed by atoms with Crippen LogP contribution >= 0.6 is 0 Å². The number of carbonyl (C=O) groups excluding carboxylic acids is 1. The zero-order valence-corrected chi connectivity index (χ0v) is 14.8. The minimum Gasteiger partial charge on any atom is -0.491 e. The Hall–Kier alpha value is -3.41. The van der Waals surface area contributed by atoms with Crippen LogP contribution in [0.15, 0.2) is 66.9 Å². The largest absolute Gasteiger partial charge is 0.491 e. The van der Waals surface area contributed by atoms with E-state index < -0.39 is 5.82 Å². The molecule has 0 aliphatic heterocycles. The van der Waals surface area contributed by atoms with Gasteiger partial charge in [-0.05, 0) is 30.7 Å². The Morgan fingerprint density at radius 1 is 1.07 bits per heavy atom. The van der Waals surface area contributed by atoms with Crippen LogP contribution in [0.1, 0.15) is 22.8 Å². The van der Waals surface area contributed by atoms with E-state index in [9.17, 15) is 9.18 Å². The lowest BCUT2D eigenvalue weighted by Gasteiger charge is -2.09. The first-order chi connectivity index (χ1) is 13.2.